The van der Waals surface area contributed by atoms with Crippen molar-refractivity contribution in [1.29, 1.82) is 0 Å². The Morgan fingerprint density at radius 3 is 2.67 bits per heavy atom. The van der Waals surface area contributed by atoms with E-state index in [0.29, 0.717) is 27.7 Å². The smallest absolute Gasteiger partial charge is 0.189 e. The molecule has 0 atom stereocenters. The molecule has 0 aromatic heterocycles. The topological polar surface area (TPSA) is 18.5 Å². The van der Waals surface area contributed by atoms with E-state index in [1.807, 2.05) is 13.0 Å². The molecule has 0 heterocycles. The number of hydrogen-bond acceptors (Lipinski definition) is 2. The maximum Gasteiger partial charge on any atom is 0.189 e. The summed E-state index contributed by atoms with van der Waals surface area (Å²) in [6, 6.07) is 3.46. The van der Waals surface area contributed by atoms with Gasteiger partial charge < -0.3 is 9.47 Å². The second kappa shape index (κ2) is 6.59. The molecule has 0 fully saturated rings. The van der Waals surface area contributed by atoms with E-state index in [-0.39, 0.29) is 6.79 Å². The molecule has 0 N–H and O–H groups in total. The number of rotatable bonds is 5. The molecule has 0 saturated carbocycles. The van der Waals surface area contributed by atoms with Crippen LogP contribution < -0.4 is 4.74 Å². The summed E-state index contributed by atoms with van der Waals surface area (Å²) in [5.41, 5.74) is 0.909. The van der Waals surface area contributed by atoms with Crippen LogP contribution in [0.3, 0.4) is 0 Å². The van der Waals surface area contributed by atoms with Crippen LogP contribution in [-0.4, -0.2) is 13.4 Å². The van der Waals surface area contributed by atoms with Crippen LogP contribution in [0.5, 0.6) is 5.75 Å². The fourth-order valence-electron chi connectivity index (χ4n) is 1.06. The lowest BCUT2D eigenvalue weighted by molar-refractivity contribution is 0.0220. The van der Waals surface area contributed by atoms with Crippen molar-refractivity contribution in [3.05, 3.63) is 27.7 Å². The predicted molar refractivity (Wildman–Crippen MR) is 66.2 cm³/mol. The molecule has 0 bridgehead atoms. The van der Waals surface area contributed by atoms with E-state index >= 15 is 0 Å². The van der Waals surface area contributed by atoms with Crippen molar-refractivity contribution in [3.8, 4) is 5.75 Å². The SMILES string of the molecule is CCOCOc1c(Cl)cc(Cl)cc1CBr. The Bertz CT molecular complexity index is 331. The highest BCUT2D eigenvalue weighted by Crippen LogP contribution is 2.33. The molecule has 0 aliphatic heterocycles. The zero-order chi connectivity index (χ0) is 11.3. The minimum atomic E-state index is 0.192. The van der Waals surface area contributed by atoms with Gasteiger partial charge in [0.15, 0.2) is 6.79 Å². The molecule has 0 saturated heterocycles. The van der Waals surface area contributed by atoms with Crippen molar-refractivity contribution >= 4 is 39.1 Å². The van der Waals surface area contributed by atoms with Crippen LogP contribution in [0, 0.1) is 0 Å². The zero-order valence-electron chi connectivity index (χ0n) is 8.23. The van der Waals surface area contributed by atoms with E-state index in [2.05, 4.69) is 15.9 Å². The van der Waals surface area contributed by atoms with Crippen LogP contribution in [-0.2, 0) is 10.1 Å². The normalized spacial score (nSPS) is 10.4. The van der Waals surface area contributed by atoms with E-state index in [1.165, 1.54) is 0 Å². The second-order valence-corrected chi connectivity index (χ2v) is 4.17. The largest absolute Gasteiger partial charge is 0.466 e. The number of halogens is 3. The summed E-state index contributed by atoms with van der Waals surface area (Å²) in [7, 11) is 0. The first-order valence-corrected chi connectivity index (χ1v) is 6.31. The molecule has 0 amide bonds. The third-order valence-corrected chi connectivity index (χ3v) is 2.82. The van der Waals surface area contributed by atoms with Crippen molar-refractivity contribution in [1.82, 2.24) is 0 Å². The van der Waals surface area contributed by atoms with Gasteiger partial charge in [-0.1, -0.05) is 39.1 Å². The molecule has 84 valence electrons. The van der Waals surface area contributed by atoms with Gasteiger partial charge in [0.2, 0.25) is 0 Å². The Hall–Kier alpha value is 0.0400. The number of benzene rings is 1. The lowest BCUT2D eigenvalue weighted by Gasteiger charge is -2.12. The number of hydrogen-bond donors (Lipinski definition) is 0. The molecule has 1 rings (SSSR count). The van der Waals surface area contributed by atoms with Gasteiger partial charge in [0.05, 0.1) is 5.02 Å². The Kier molecular flexibility index (Phi) is 5.75. The van der Waals surface area contributed by atoms with Gasteiger partial charge >= 0.3 is 0 Å². The summed E-state index contributed by atoms with van der Waals surface area (Å²) in [4.78, 5) is 0. The Morgan fingerprint density at radius 1 is 1.33 bits per heavy atom. The van der Waals surface area contributed by atoms with Gasteiger partial charge in [-0.25, -0.2) is 0 Å². The Labute approximate surface area is 108 Å². The summed E-state index contributed by atoms with van der Waals surface area (Å²) < 4.78 is 10.5. The highest BCUT2D eigenvalue weighted by molar-refractivity contribution is 9.08. The second-order valence-electron chi connectivity index (χ2n) is 2.76. The van der Waals surface area contributed by atoms with E-state index in [0.717, 1.165) is 5.56 Å². The molecule has 1 aromatic carbocycles. The van der Waals surface area contributed by atoms with Crippen molar-refractivity contribution in [2.24, 2.45) is 0 Å². The molecule has 0 unspecified atom stereocenters. The first-order valence-electron chi connectivity index (χ1n) is 4.43. The highest BCUT2D eigenvalue weighted by Gasteiger charge is 2.09. The molecule has 0 aliphatic rings. The van der Waals surface area contributed by atoms with Crippen LogP contribution in [0.15, 0.2) is 12.1 Å². The van der Waals surface area contributed by atoms with E-state index in [9.17, 15) is 0 Å². The van der Waals surface area contributed by atoms with E-state index in [4.69, 9.17) is 32.7 Å². The molecule has 0 spiro atoms. The third-order valence-electron chi connectivity index (χ3n) is 1.72. The van der Waals surface area contributed by atoms with Crippen LogP contribution in [0.1, 0.15) is 12.5 Å². The summed E-state index contributed by atoms with van der Waals surface area (Å²) >= 11 is 15.2. The maximum absolute atomic E-state index is 6.01. The van der Waals surface area contributed by atoms with Crippen molar-refractivity contribution < 1.29 is 9.47 Å². The maximum atomic E-state index is 6.01. The zero-order valence-corrected chi connectivity index (χ0v) is 11.3. The lowest BCUT2D eigenvalue weighted by Crippen LogP contribution is -2.04. The predicted octanol–water partition coefficient (Wildman–Crippen LogP) is 4.26. The van der Waals surface area contributed by atoms with Gasteiger partial charge in [-0.15, -0.1) is 0 Å². The first-order chi connectivity index (χ1) is 7.19. The third kappa shape index (κ3) is 3.83. The van der Waals surface area contributed by atoms with Crippen molar-refractivity contribution in [3.63, 3.8) is 0 Å². The van der Waals surface area contributed by atoms with Gasteiger partial charge in [0.25, 0.3) is 0 Å². The standard InChI is InChI=1S/C10H11BrCl2O2/c1-2-14-6-15-10-7(5-11)3-8(12)4-9(10)13/h3-4H,2,5-6H2,1H3. The highest BCUT2D eigenvalue weighted by atomic mass is 79.9. The Morgan fingerprint density at radius 2 is 2.07 bits per heavy atom. The lowest BCUT2D eigenvalue weighted by atomic mass is 10.2. The molecule has 0 aliphatic carbocycles. The molecular weight excluding hydrogens is 303 g/mol. The van der Waals surface area contributed by atoms with Gasteiger partial charge in [-0.3, -0.25) is 0 Å². The number of ether oxygens (including phenoxy) is 2. The molecule has 1 aromatic rings. The van der Waals surface area contributed by atoms with Crippen LogP contribution in [0.4, 0.5) is 0 Å². The van der Waals surface area contributed by atoms with Crippen molar-refractivity contribution in [2.75, 3.05) is 13.4 Å². The van der Waals surface area contributed by atoms with E-state index in [1.54, 1.807) is 6.07 Å². The fourth-order valence-corrected chi connectivity index (χ4v) is 2.07. The minimum Gasteiger partial charge on any atom is -0.466 e. The van der Waals surface area contributed by atoms with Crippen LogP contribution >= 0.6 is 39.1 Å². The van der Waals surface area contributed by atoms with Gasteiger partial charge in [0, 0.05) is 22.5 Å². The minimum absolute atomic E-state index is 0.192. The summed E-state index contributed by atoms with van der Waals surface area (Å²) in [5, 5.41) is 1.73. The van der Waals surface area contributed by atoms with E-state index < -0.39 is 0 Å². The Balaban J connectivity index is 2.84. The van der Waals surface area contributed by atoms with Crippen molar-refractivity contribution in [2.45, 2.75) is 12.3 Å². The fraction of sp³-hybridized carbons (Fsp3) is 0.400. The first kappa shape index (κ1) is 13.1. The summed E-state index contributed by atoms with van der Waals surface area (Å²) in [5.74, 6) is 0.617. The molecule has 0 radical (unpaired) electrons. The summed E-state index contributed by atoms with van der Waals surface area (Å²) in [6.07, 6.45) is 0. The average molecular weight is 314 g/mol. The van der Waals surface area contributed by atoms with Crippen LogP contribution in [0.2, 0.25) is 10.0 Å². The molecule has 5 heteroatoms. The molecular formula is C10H11BrCl2O2. The summed E-state index contributed by atoms with van der Waals surface area (Å²) in [6.45, 7) is 2.70. The van der Waals surface area contributed by atoms with Gasteiger partial charge in [-0.2, -0.15) is 0 Å². The monoisotopic (exact) mass is 312 g/mol. The van der Waals surface area contributed by atoms with Gasteiger partial charge in [0.1, 0.15) is 5.75 Å². The molecule has 2 nitrogen and oxygen atoms in total. The molecule has 15 heavy (non-hydrogen) atoms. The quantitative estimate of drug-likeness (QED) is 0.459. The van der Waals surface area contributed by atoms with Crippen LogP contribution in [0.25, 0.3) is 0 Å². The number of alkyl halides is 1. The van der Waals surface area contributed by atoms with Gasteiger partial charge in [-0.05, 0) is 19.1 Å². The average Bonchev–Trinajstić information content (AvgIpc) is 2.20.